The number of carbonyl (C=O) groups is 2. The third-order valence-corrected chi connectivity index (χ3v) is 4.35. The maximum atomic E-state index is 13.1. The summed E-state index contributed by atoms with van der Waals surface area (Å²) in [5.74, 6) is -0.147. The van der Waals surface area contributed by atoms with E-state index < -0.39 is 11.7 Å². The number of methoxy groups -OCH3 is 1. The van der Waals surface area contributed by atoms with Crippen LogP contribution in [-0.2, 0) is 4.79 Å². The van der Waals surface area contributed by atoms with Crippen LogP contribution >= 0.6 is 0 Å². The molecule has 0 unspecified atom stereocenters. The van der Waals surface area contributed by atoms with Crippen molar-refractivity contribution < 1.29 is 19.1 Å². The van der Waals surface area contributed by atoms with Crippen molar-refractivity contribution in [3.63, 3.8) is 0 Å². The van der Waals surface area contributed by atoms with Gasteiger partial charge in [0.2, 0.25) is 0 Å². The number of nitrogens with one attached hydrogen (secondary N) is 1. The second-order valence-corrected chi connectivity index (χ2v) is 6.43. The molecule has 0 spiro atoms. The highest BCUT2D eigenvalue weighted by Gasteiger charge is 2.20. The predicted molar refractivity (Wildman–Crippen MR) is 118 cm³/mol. The minimum Gasteiger partial charge on any atom is -0.493 e. The number of benzene rings is 3. The highest BCUT2D eigenvalue weighted by Crippen LogP contribution is 2.29. The van der Waals surface area contributed by atoms with Crippen LogP contribution in [0.15, 0.2) is 84.4 Å². The van der Waals surface area contributed by atoms with Crippen molar-refractivity contribution >= 4 is 23.5 Å². The van der Waals surface area contributed by atoms with Gasteiger partial charge in [0.15, 0.2) is 23.9 Å². The van der Waals surface area contributed by atoms with Gasteiger partial charge in [-0.2, -0.15) is 5.26 Å². The molecule has 0 bridgehead atoms. The molecule has 0 heterocycles. The van der Waals surface area contributed by atoms with Gasteiger partial charge in [-0.3, -0.25) is 9.59 Å². The van der Waals surface area contributed by atoms with E-state index in [0.717, 1.165) is 0 Å². The number of hydrogen-bond donors (Lipinski definition) is 1. The molecule has 154 valence electrons. The summed E-state index contributed by atoms with van der Waals surface area (Å²) < 4.78 is 10.6. The van der Waals surface area contributed by atoms with E-state index in [9.17, 15) is 9.59 Å². The van der Waals surface area contributed by atoms with Crippen molar-refractivity contribution in [2.75, 3.05) is 19.0 Å². The Kier molecular flexibility index (Phi) is 7.17. The lowest BCUT2D eigenvalue weighted by Crippen LogP contribution is -2.20. The molecule has 0 radical (unpaired) electrons. The molecule has 1 N–H and O–H groups in total. The van der Waals surface area contributed by atoms with Gasteiger partial charge in [-0.25, -0.2) is 0 Å². The summed E-state index contributed by atoms with van der Waals surface area (Å²) in [6.07, 6.45) is 1.50. The number of rotatable bonds is 8. The molecule has 0 saturated carbocycles. The van der Waals surface area contributed by atoms with Gasteiger partial charge < -0.3 is 14.8 Å². The second kappa shape index (κ2) is 10.4. The van der Waals surface area contributed by atoms with E-state index in [1.165, 1.54) is 13.2 Å². The molecule has 0 aliphatic carbocycles. The van der Waals surface area contributed by atoms with Gasteiger partial charge in [0.1, 0.15) is 6.07 Å². The first-order chi connectivity index (χ1) is 15.1. The van der Waals surface area contributed by atoms with Crippen LogP contribution < -0.4 is 14.8 Å². The Morgan fingerprint density at radius 1 is 0.968 bits per heavy atom. The van der Waals surface area contributed by atoms with Crippen molar-refractivity contribution in [2.24, 2.45) is 0 Å². The van der Waals surface area contributed by atoms with Crippen LogP contribution in [0.4, 0.5) is 5.69 Å². The topological polar surface area (TPSA) is 88.4 Å². The summed E-state index contributed by atoms with van der Waals surface area (Å²) in [6, 6.07) is 24.4. The van der Waals surface area contributed by atoms with Crippen LogP contribution in [0, 0.1) is 11.3 Å². The Balaban J connectivity index is 1.99. The lowest BCUT2D eigenvalue weighted by molar-refractivity contribution is -0.112. The summed E-state index contributed by atoms with van der Waals surface area (Å²) in [5, 5.41) is 11.5. The molecule has 6 heteroatoms. The highest BCUT2D eigenvalue weighted by molar-refractivity contribution is 6.31. The number of nitriles is 1. The maximum Gasteiger partial charge on any atom is 0.259 e. The molecule has 0 atom stereocenters. The molecule has 3 rings (SSSR count). The molecular formula is C25H20N2O4. The van der Waals surface area contributed by atoms with Gasteiger partial charge in [0, 0.05) is 11.3 Å². The zero-order chi connectivity index (χ0) is 22.1. The Hall–Kier alpha value is -4.37. The largest absolute Gasteiger partial charge is 0.493 e. The fraction of sp³-hybridized carbons (Fsp3) is 0.0800. The molecule has 6 nitrogen and oxygen atoms in total. The fourth-order valence-electron chi connectivity index (χ4n) is 2.87. The highest BCUT2D eigenvalue weighted by atomic mass is 16.5. The molecule has 3 aromatic carbocycles. The lowest BCUT2D eigenvalue weighted by Gasteiger charge is -2.11. The van der Waals surface area contributed by atoms with E-state index in [-0.39, 0.29) is 12.2 Å². The van der Waals surface area contributed by atoms with E-state index >= 15 is 0 Å². The zero-order valence-electron chi connectivity index (χ0n) is 16.9. The van der Waals surface area contributed by atoms with Gasteiger partial charge >= 0.3 is 0 Å². The molecule has 0 aliphatic rings. The van der Waals surface area contributed by atoms with E-state index in [0.29, 0.717) is 28.3 Å². The standard InChI is InChI=1S/C25H20N2O4/c1-30-23-17-18(12-13-22(23)31-15-14-26)16-21(24(28)19-8-4-2-5-9-19)25(29)27-20-10-6-3-7-11-20/h2-13,16-17H,15H2,1H3,(H,27,29)/b21-16+. The van der Waals surface area contributed by atoms with Gasteiger partial charge in [0.05, 0.1) is 12.7 Å². The summed E-state index contributed by atoms with van der Waals surface area (Å²) in [5.41, 5.74) is 1.53. The third kappa shape index (κ3) is 5.58. The molecule has 1 amide bonds. The van der Waals surface area contributed by atoms with Crippen LogP contribution in [0.2, 0.25) is 0 Å². The average Bonchev–Trinajstić information content (AvgIpc) is 2.82. The van der Waals surface area contributed by atoms with Gasteiger partial charge in [-0.05, 0) is 35.9 Å². The number of carbonyl (C=O) groups excluding carboxylic acids is 2. The second-order valence-electron chi connectivity index (χ2n) is 6.43. The number of hydrogen-bond acceptors (Lipinski definition) is 5. The number of anilines is 1. The first-order valence-electron chi connectivity index (χ1n) is 9.48. The quantitative estimate of drug-likeness (QED) is 0.255. The Bertz CT molecular complexity index is 1130. The van der Waals surface area contributed by atoms with Crippen LogP contribution in [0.1, 0.15) is 15.9 Å². The molecule has 3 aromatic rings. The number of para-hydroxylation sites is 1. The van der Waals surface area contributed by atoms with Gasteiger partial charge in [0.25, 0.3) is 5.91 Å². The Morgan fingerprint density at radius 3 is 2.29 bits per heavy atom. The number of amides is 1. The minimum atomic E-state index is -0.524. The molecule has 0 saturated heterocycles. The van der Waals surface area contributed by atoms with E-state index in [1.807, 2.05) is 12.1 Å². The fourth-order valence-corrected chi connectivity index (χ4v) is 2.87. The molecule has 0 aromatic heterocycles. The number of ether oxygens (including phenoxy) is 2. The Labute approximate surface area is 180 Å². The zero-order valence-corrected chi connectivity index (χ0v) is 16.9. The summed E-state index contributed by atoms with van der Waals surface area (Å²) in [7, 11) is 1.47. The number of Topliss-reactive ketones (excluding diaryl/α,β-unsaturated/α-hetero) is 1. The number of nitrogens with zero attached hydrogens (tertiary/aromatic N) is 1. The first kappa shape index (κ1) is 21.3. The van der Waals surface area contributed by atoms with Gasteiger partial charge in [-0.15, -0.1) is 0 Å². The average molecular weight is 412 g/mol. The van der Waals surface area contributed by atoms with Crippen molar-refractivity contribution in [1.82, 2.24) is 0 Å². The summed E-state index contributed by atoms with van der Waals surface area (Å²) >= 11 is 0. The van der Waals surface area contributed by atoms with Crippen molar-refractivity contribution in [2.45, 2.75) is 0 Å². The third-order valence-electron chi connectivity index (χ3n) is 4.35. The smallest absolute Gasteiger partial charge is 0.259 e. The molecule has 0 fully saturated rings. The molecule has 31 heavy (non-hydrogen) atoms. The normalized spacial score (nSPS) is 10.6. The van der Waals surface area contributed by atoms with Crippen molar-refractivity contribution in [3.05, 3.63) is 95.6 Å². The summed E-state index contributed by atoms with van der Waals surface area (Å²) in [4.78, 5) is 26.1. The number of ketones is 1. The van der Waals surface area contributed by atoms with E-state index in [2.05, 4.69) is 5.32 Å². The Morgan fingerprint density at radius 2 is 1.65 bits per heavy atom. The van der Waals surface area contributed by atoms with Crippen LogP contribution in [-0.4, -0.2) is 25.4 Å². The monoisotopic (exact) mass is 412 g/mol. The lowest BCUT2D eigenvalue weighted by atomic mass is 10.00. The van der Waals surface area contributed by atoms with Crippen molar-refractivity contribution in [1.29, 1.82) is 5.26 Å². The van der Waals surface area contributed by atoms with Crippen LogP contribution in [0.3, 0.4) is 0 Å². The minimum absolute atomic E-state index is 0.0252. The SMILES string of the molecule is COc1cc(/C=C(/C(=O)Nc2ccccc2)C(=O)c2ccccc2)ccc1OCC#N. The maximum absolute atomic E-state index is 13.1. The van der Waals surface area contributed by atoms with Crippen molar-refractivity contribution in [3.8, 4) is 17.6 Å². The summed E-state index contributed by atoms with van der Waals surface area (Å²) in [6.45, 7) is -0.122. The van der Waals surface area contributed by atoms with E-state index in [1.54, 1.807) is 72.8 Å². The van der Waals surface area contributed by atoms with Gasteiger partial charge in [-0.1, -0.05) is 54.6 Å². The predicted octanol–water partition coefficient (Wildman–Crippen LogP) is 4.50. The first-order valence-corrected chi connectivity index (χ1v) is 9.48. The van der Waals surface area contributed by atoms with Crippen LogP contribution in [0.25, 0.3) is 6.08 Å². The molecule has 0 aliphatic heterocycles. The van der Waals surface area contributed by atoms with E-state index in [4.69, 9.17) is 14.7 Å². The van der Waals surface area contributed by atoms with Crippen LogP contribution in [0.5, 0.6) is 11.5 Å². The molecular weight excluding hydrogens is 392 g/mol.